The van der Waals surface area contributed by atoms with E-state index in [1.54, 1.807) is 0 Å². The Bertz CT molecular complexity index is 1250. The molecule has 1 aliphatic heterocycles. The molecule has 1 saturated heterocycles. The molecule has 0 amide bonds. The van der Waals surface area contributed by atoms with Gasteiger partial charge in [-0.15, -0.1) is 0 Å². The minimum Gasteiger partial charge on any atom is -0.507 e. The van der Waals surface area contributed by atoms with Gasteiger partial charge in [0.2, 0.25) is 17.5 Å². The van der Waals surface area contributed by atoms with Crippen LogP contribution < -0.4 is 14.9 Å². The molecule has 0 saturated carbocycles. The Morgan fingerprint density at radius 2 is 1.64 bits per heavy atom. The van der Waals surface area contributed by atoms with Crippen molar-refractivity contribution in [1.82, 2.24) is 0 Å². The quantitative estimate of drug-likeness (QED) is 0.302. The van der Waals surface area contributed by atoms with Crippen molar-refractivity contribution in [3.63, 3.8) is 0 Å². The number of rotatable bonds is 4. The second kappa shape index (κ2) is 8.45. The minimum atomic E-state index is -1.73. The van der Waals surface area contributed by atoms with E-state index in [9.17, 15) is 35.4 Å². The van der Waals surface area contributed by atoms with Gasteiger partial charge in [0.15, 0.2) is 17.3 Å². The monoisotopic (exact) mass is 462 g/mol. The molecule has 0 spiro atoms. The lowest BCUT2D eigenvalue weighted by Gasteiger charge is -2.38. The summed E-state index contributed by atoms with van der Waals surface area (Å²) in [5.74, 6) is -1.91. The van der Waals surface area contributed by atoms with E-state index in [-0.39, 0.29) is 28.0 Å². The third-order valence-corrected chi connectivity index (χ3v) is 5.42. The van der Waals surface area contributed by atoms with Crippen LogP contribution in [-0.4, -0.2) is 68.5 Å². The first kappa shape index (κ1) is 22.7. The van der Waals surface area contributed by atoms with Crippen LogP contribution in [0.2, 0.25) is 0 Å². The summed E-state index contributed by atoms with van der Waals surface area (Å²) < 4.78 is 22.0. The molecule has 0 bridgehead atoms. The minimum absolute atomic E-state index is 0.0688. The standard InChI is InChI=1S/C22H22O11/c1-8-16(26)18(28)19(29)22(31-8)33-21-17(27)15-13(25)6-10(30-2)7-14(15)32-20(21)9-3-4-11(23)12(24)5-9/h3-8,16,18-19,22-26,28-29H,1-2H3/t8-,16-,18-,19-,22+/m0/s1. The number of fused-ring (bicyclic) bond motifs is 1. The fourth-order valence-corrected chi connectivity index (χ4v) is 3.56. The fourth-order valence-electron chi connectivity index (χ4n) is 3.56. The van der Waals surface area contributed by atoms with Gasteiger partial charge in [0.05, 0.1) is 13.2 Å². The summed E-state index contributed by atoms with van der Waals surface area (Å²) in [6.07, 6.45) is -7.26. The summed E-state index contributed by atoms with van der Waals surface area (Å²) in [6.45, 7) is 1.44. The zero-order chi connectivity index (χ0) is 24.0. The molecule has 1 aromatic heterocycles. The average Bonchev–Trinajstić information content (AvgIpc) is 2.78. The molecule has 1 fully saturated rings. The summed E-state index contributed by atoms with van der Waals surface area (Å²) in [6, 6.07) is 6.17. The zero-order valence-corrected chi connectivity index (χ0v) is 17.5. The smallest absolute Gasteiger partial charge is 0.239 e. The van der Waals surface area contributed by atoms with Crippen LogP contribution in [-0.2, 0) is 4.74 Å². The Morgan fingerprint density at radius 3 is 2.30 bits per heavy atom. The molecule has 11 nitrogen and oxygen atoms in total. The Labute approximate surface area is 186 Å². The van der Waals surface area contributed by atoms with E-state index in [4.69, 9.17) is 18.6 Å². The number of aromatic hydroxyl groups is 3. The van der Waals surface area contributed by atoms with Gasteiger partial charge >= 0.3 is 0 Å². The van der Waals surface area contributed by atoms with Crippen molar-refractivity contribution in [2.24, 2.45) is 0 Å². The van der Waals surface area contributed by atoms with E-state index in [1.165, 1.54) is 32.2 Å². The first-order chi connectivity index (χ1) is 15.6. The summed E-state index contributed by atoms with van der Waals surface area (Å²) in [4.78, 5) is 13.4. The van der Waals surface area contributed by atoms with Crippen LogP contribution in [0.5, 0.6) is 28.7 Å². The summed E-state index contributed by atoms with van der Waals surface area (Å²) in [7, 11) is 1.36. The van der Waals surface area contributed by atoms with Crippen LogP contribution in [0.3, 0.4) is 0 Å². The van der Waals surface area contributed by atoms with Gasteiger partial charge in [0.25, 0.3) is 0 Å². The van der Waals surface area contributed by atoms with Gasteiger partial charge in [-0.2, -0.15) is 0 Å². The lowest BCUT2D eigenvalue weighted by atomic mass is 10.00. The predicted octanol–water partition coefficient (Wildman–Crippen LogP) is 0.792. The highest BCUT2D eigenvalue weighted by Gasteiger charge is 2.44. The maximum Gasteiger partial charge on any atom is 0.239 e. The van der Waals surface area contributed by atoms with Gasteiger partial charge in [-0.25, -0.2) is 0 Å². The molecule has 0 radical (unpaired) electrons. The van der Waals surface area contributed by atoms with Crippen molar-refractivity contribution in [3.8, 4) is 40.1 Å². The van der Waals surface area contributed by atoms with E-state index in [1.807, 2.05) is 0 Å². The normalized spacial score (nSPS) is 25.2. The number of aliphatic hydroxyl groups is 3. The molecule has 6 N–H and O–H groups in total. The zero-order valence-electron chi connectivity index (χ0n) is 17.5. The molecule has 2 heterocycles. The number of aliphatic hydroxyl groups excluding tert-OH is 3. The average molecular weight is 462 g/mol. The van der Waals surface area contributed by atoms with Gasteiger partial charge < -0.3 is 49.3 Å². The first-order valence-electron chi connectivity index (χ1n) is 9.88. The van der Waals surface area contributed by atoms with Crippen LogP contribution in [0.1, 0.15) is 6.92 Å². The molecule has 11 heteroatoms. The van der Waals surface area contributed by atoms with Crippen molar-refractivity contribution in [2.75, 3.05) is 7.11 Å². The molecular weight excluding hydrogens is 440 g/mol. The van der Waals surface area contributed by atoms with Crippen molar-refractivity contribution in [3.05, 3.63) is 40.6 Å². The molecule has 33 heavy (non-hydrogen) atoms. The van der Waals surface area contributed by atoms with Gasteiger partial charge in [0.1, 0.15) is 40.8 Å². The Hall–Kier alpha value is -3.51. The number of phenols is 3. The van der Waals surface area contributed by atoms with Crippen LogP contribution >= 0.6 is 0 Å². The van der Waals surface area contributed by atoms with E-state index in [0.29, 0.717) is 0 Å². The fraction of sp³-hybridized carbons (Fsp3) is 0.318. The van der Waals surface area contributed by atoms with Crippen molar-refractivity contribution in [1.29, 1.82) is 0 Å². The Kier molecular flexibility index (Phi) is 5.80. The van der Waals surface area contributed by atoms with Crippen LogP contribution in [0.25, 0.3) is 22.3 Å². The third-order valence-electron chi connectivity index (χ3n) is 5.42. The van der Waals surface area contributed by atoms with Gasteiger partial charge in [-0.05, 0) is 25.1 Å². The van der Waals surface area contributed by atoms with E-state index in [2.05, 4.69) is 0 Å². The maximum atomic E-state index is 13.4. The second-order valence-corrected chi connectivity index (χ2v) is 7.61. The highest BCUT2D eigenvalue weighted by Crippen LogP contribution is 2.39. The number of ether oxygens (including phenoxy) is 3. The molecule has 0 aliphatic carbocycles. The SMILES string of the molecule is COc1cc(O)c2c(=O)c(O[C@H]3O[C@@H](C)[C@H](O)[C@H](O)[C@@H]3O)c(-c3ccc(O)c(O)c3)oc2c1. The topological polar surface area (TPSA) is 179 Å². The number of phenolic OH excluding ortho intramolecular Hbond substituents is 3. The largest absolute Gasteiger partial charge is 0.507 e. The van der Waals surface area contributed by atoms with Crippen molar-refractivity contribution in [2.45, 2.75) is 37.6 Å². The lowest BCUT2D eigenvalue weighted by molar-refractivity contribution is -0.268. The number of methoxy groups -OCH3 is 1. The lowest BCUT2D eigenvalue weighted by Crippen LogP contribution is -2.58. The maximum absolute atomic E-state index is 13.4. The van der Waals surface area contributed by atoms with Gasteiger partial charge in [-0.1, -0.05) is 0 Å². The van der Waals surface area contributed by atoms with E-state index >= 15 is 0 Å². The molecule has 0 unspecified atom stereocenters. The molecule has 3 aromatic rings. The molecule has 176 valence electrons. The van der Waals surface area contributed by atoms with Crippen molar-refractivity contribution >= 4 is 11.0 Å². The predicted molar refractivity (Wildman–Crippen MR) is 112 cm³/mol. The Morgan fingerprint density at radius 1 is 0.909 bits per heavy atom. The first-order valence-corrected chi connectivity index (χ1v) is 9.88. The van der Waals surface area contributed by atoms with Crippen molar-refractivity contribution < 1.29 is 49.3 Å². The summed E-state index contributed by atoms with van der Waals surface area (Å²) in [5, 5.41) is 60.0. The Balaban J connectivity index is 1.93. The summed E-state index contributed by atoms with van der Waals surface area (Å²) in [5.41, 5.74) is -0.802. The summed E-state index contributed by atoms with van der Waals surface area (Å²) >= 11 is 0. The van der Waals surface area contributed by atoms with Crippen LogP contribution in [0.4, 0.5) is 0 Å². The number of hydrogen-bond donors (Lipinski definition) is 6. The van der Waals surface area contributed by atoms with Gasteiger partial charge in [0, 0.05) is 17.7 Å². The molecule has 4 rings (SSSR count). The van der Waals surface area contributed by atoms with Gasteiger partial charge in [-0.3, -0.25) is 4.79 Å². The highest BCUT2D eigenvalue weighted by atomic mass is 16.7. The number of hydrogen-bond acceptors (Lipinski definition) is 11. The molecule has 2 aromatic carbocycles. The third kappa shape index (κ3) is 3.91. The molecule has 1 aliphatic rings. The number of benzene rings is 2. The second-order valence-electron chi connectivity index (χ2n) is 7.61. The van der Waals surface area contributed by atoms with Crippen LogP contribution in [0, 0.1) is 0 Å². The highest BCUT2D eigenvalue weighted by molar-refractivity contribution is 5.88. The van der Waals surface area contributed by atoms with E-state index in [0.717, 1.165) is 12.1 Å². The van der Waals surface area contributed by atoms with E-state index < -0.39 is 59.1 Å². The molecular formula is C22H22O11. The van der Waals surface area contributed by atoms with Crippen LogP contribution in [0.15, 0.2) is 39.5 Å². The molecule has 5 atom stereocenters.